The fourth-order valence-corrected chi connectivity index (χ4v) is 4.25. The van der Waals surface area contributed by atoms with Gasteiger partial charge in [-0.05, 0) is 49.1 Å². The van der Waals surface area contributed by atoms with Gasteiger partial charge in [0.05, 0.1) is 4.88 Å². The van der Waals surface area contributed by atoms with Crippen molar-refractivity contribution in [2.75, 3.05) is 0 Å². The molecule has 0 saturated heterocycles. The molecule has 3 N–H and O–H groups in total. The number of nitrogens with one attached hydrogen (secondary N) is 3. The first kappa shape index (κ1) is 22.4. The van der Waals surface area contributed by atoms with Crippen LogP contribution in [0.25, 0.3) is 0 Å². The smallest absolute Gasteiger partial charge is 0.279 e. The molecular weight excluding hydrogens is 374 g/mol. The fraction of sp³-hybridized carbons (Fsp3) is 0.667. The predicted molar refractivity (Wildman–Crippen MR) is 112 cm³/mol. The maximum atomic E-state index is 12.4. The lowest BCUT2D eigenvalue weighted by atomic mass is 9.72. The van der Waals surface area contributed by atoms with E-state index < -0.39 is 17.4 Å². The zero-order valence-corrected chi connectivity index (χ0v) is 18.8. The number of aryl methyl sites for hydroxylation is 1. The van der Waals surface area contributed by atoms with E-state index in [0.29, 0.717) is 10.8 Å². The largest absolute Gasteiger partial charge is 0.344 e. The van der Waals surface area contributed by atoms with Crippen molar-refractivity contribution in [2.24, 2.45) is 16.7 Å². The standard InChI is InChI=1S/C21H33N3O3S/c1-12(22-19(27)21(5,6)7)17(25)23-24-18(26)16-11-13-10-14(20(2,3)4)8-9-15(13)28-16/h11-12,14H,8-10H2,1-7H3,(H,22,27)(H,23,25)(H,24,26)/t12-,14-/m0/s1. The van der Waals surface area contributed by atoms with Crippen LogP contribution in [0.5, 0.6) is 0 Å². The van der Waals surface area contributed by atoms with Gasteiger partial charge in [-0.15, -0.1) is 11.3 Å². The average molecular weight is 408 g/mol. The Bertz CT molecular complexity index is 756. The van der Waals surface area contributed by atoms with Crippen molar-refractivity contribution in [1.29, 1.82) is 0 Å². The molecule has 6 nitrogen and oxygen atoms in total. The van der Waals surface area contributed by atoms with Crippen molar-refractivity contribution in [1.82, 2.24) is 16.2 Å². The minimum atomic E-state index is -0.740. The maximum Gasteiger partial charge on any atom is 0.279 e. The van der Waals surface area contributed by atoms with Crippen molar-refractivity contribution >= 4 is 29.1 Å². The molecule has 1 aromatic rings. The first-order chi connectivity index (χ1) is 12.8. The third kappa shape index (κ3) is 5.56. The van der Waals surface area contributed by atoms with E-state index >= 15 is 0 Å². The normalized spacial score (nSPS) is 18.0. The third-order valence-electron chi connectivity index (χ3n) is 5.25. The van der Waals surface area contributed by atoms with Crippen LogP contribution in [0, 0.1) is 16.7 Å². The minimum absolute atomic E-state index is 0.221. The van der Waals surface area contributed by atoms with Crippen molar-refractivity contribution in [2.45, 2.75) is 73.8 Å². The lowest BCUT2D eigenvalue weighted by Gasteiger charge is -2.33. The van der Waals surface area contributed by atoms with Crippen LogP contribution in [-0.4, -0.2) is 23.8 Å². The van der Waals surface area contributed by atoms with E-state index in [0.717, 1.165) is 19.3 Å². The topological polar surface area (TPSA) is 87.3 Å². The van der Waals surface area contributed by atoms with Crippen molar-refractivity contribution in [3.8, 4) is 0 Å². The average Bonchev–Trinajstić information content (AvgIpc) is 3.00. The number of rotatable bonds is 3. The second-order valence-electron chi connectivity index (χ2n) is 9.75. The van der Waals surface area contributed by atoms with Crippen LogP contribution in [0.15, 0.2) is 6.07 Å². The van der Waals surface area contributed by atoms with E-state index in [2.05, 4.69) is 36.9 Å². The number of hydrazine groups is 1. The van der Waals surface area contributed by atoms with Crippen molar-refractivity contribution in [3.63, 3.8) is 0 Å². The summed E-state index contributed by atoms with van der Waals surface area (Å²) in [5, 5.41) is 2.64. The van der Waals surface area contributed by atoms with Crippen molar-refractivity contribution < 1.29 is 14.4 Å². The summed E-state index contributed by atoms with van der Waals surface area (Å²) in [7, 11) is 0. The van der Waals surface area contributed by atoms with E-state index in [1.165, 1.54) is 21.8 Å². The molecule has 0 fully saturated rings. The molecule has 2 atom stereocenters. The summed E-state index contributed by atoms with van der Waals surface area (Å²) < 4.78 is 0. The number of carbonyl (C=O) groups excluding carboxylic acids is 3. The Morgan fingerprint density at radius 3 is 2.32 bits per heavy atom. The van der Waals surface area contributed by atoms with E-state index in [1.54, 1.807) is 27.7 Å². The molecule has 0 bridgehead atoms. The van der Waals surface area contributed by atoms with Crippen LogP contribution in [0.2, 0.25) is 0 Å². The highest BCUT2D eigenvalue weighted by atomic mass is 32.1. The Labute approximate surface area is 171 Å². The summed E-state index contributed by atoms with van der Waals surface area (Å²) in [5.41, 5.74) is 5.78. The molecule has 1 aromatic heterocycles. The molecule has 0 spiro atoms. The fourth-order valence-electron chi connectivity index (χ4n) is 3.14. The molecule has 7 heteroatoms. The minimum Gasteiger partial charge on any atom is -0.344 e. The van der Waals surface area contributed by atoms with Gasteiger partial charge < -0.3 is 5.32 Å². The molecule has 1 heterocycles. The van der Waals surface area contributed by atoms with E-state index in [9.17, 15) is 14.4 Å². The van der Waals surface area contributed by atoms with E-state index in [1.807, 2.05) is 6.07 Å². The van der Waals surface area contributed by atoms with E-state index in [-0.39, 0.29) is 17.2 Å². The molecule has 0 radical (unpaired) electrons. The van der Waals surface area contributed by atoms with Crippen LogP contribution < -0.4 is 16.2 Å². The second-order valence-corrected chi connectivity index (χ2v) is 10.9. The predicted octanol–water partition coefficient (Wildman–Crippen LogP) is 3.21. The summed E-state index contributed by atoms with van der Waals surface area (Å²) in [6.07, 6.45) is 3.13. The van der Waals surface area contributed by atoms with Gasteiger partial charge in [0.2, 0.25) is 5.91 Å². The second kappa shape index (κ2) is 8.23. The highest BCUT2D eigenvalue weighted by molar-refractivity contribution is 7.14. The molecule has 0 unspecified atom stereocenters. The highest BCUT2D eigenvalue weighted by Gasteiger charge is 2.30. The number of amides is 3. The van der Waals surface area contributed by atoms with Crippen LogP contribution >= 0.6 is 11.3 Å². The Balaban J connectivity index is 1.91. The van der Waals surface area contributed by atoms with Gasteiger partial charge in [0.15, 0.2) is 0 Å². The molecule has 2 rings (SSSR count). The summed E-state index contributed by atoms with van der Waals surface area (Å²) in [5.74, 6) is -0.396. The number of fused-ring (bicyclic) bond motifs is 1. The molecule has 0 aliphatic heterocycles. The summed E-state index contributed by atoms with van der Waals surface area (Å²) in [4.78, 5) is 38.4. The third-order valence-corrected chi connectivity index (χ3v) is 6.49. The Kier molecular flexibility index (Phi) is 6.58. The maximum absolute atomic E-state index is 12.4. The molecule has 0 aromatic carbocycles. The van der Waals surface area contributed by atoms with Gasteiger partial charge in [-0.1, -0.05) is 41.5 Å². The number of thiophene rings is 1. The first-order valence-electron chi connectivity index (χ1n) is 9.81. The van der Waals surface area contributed by atoms with E-state index in [4.69, 9.17) is 0 Å². The Morgan fingerprint density at radius 1 is 1.11 bits per heavy atom. The monoisotopic (exact) mass is 407 g/mol. The number of carbonyl (C=O) groups is 3. The lowest BCUT2D eigenvalue weighted by Crippen LogP contribution is -2.52. The molecular formula is C21H33N3O3S. The number of hydrogen-bond donors (Lipinski definition) is 3. The van der Waals surface area contributed by atoms with Crippen molar-refractivity contribution in [3.05, 3.63) is 21.4 Å². The lowest BCUT2D eigenvalue weighted by molar-refractivity contribution is -0.133. The number of hydrogen-bond acceptors (Lipinski definition) is 4. The molecule has 1 aliphatic rings. The van der Waals surface area contributed by atoms with Gasteiger partial charge in [0.25, 0.3) is 11.8 Å². The molecule has 28 heavy (non-hydrogen) atoms. The van der Waals surface area contributed by atoms with Gasteiger partial charge in [0, 0.05) is 10.3 Å². The van der Waals surface area contributed by atoms with Crippen LogP contribution in [0.1, 0.15) is 75.0 Å². The zero-order valence-electron chi connectivity index (χ0n) is 18.0. The van der Waals surface area contributed by atoms with Crippen LogP contribution in [0.3, 0.4) is 0 Å². The Hall–Kier alpha value is -1.89. The van der Waals surface area contributed by atoms with Gasteiger partial charge >= 0.3 is 0 Å². The van der Waals surface area contributed by atoms with Gasteiger partial charge in [-0.3, -0.25) is 25.2 Å². The molecule has 156 valence electrons. The van der Waals surface area contributed by atoms with Crippen LogP contribution in [-0.2, 0) is 22.4 Å². The first-order valence-corrected chi connectivity index (χ1v) is 10.6. The molecule has 3 amide bonds. The summed E-state index contributed by atoms with van der Waals surface area (Å²) in [6.45, 7) is 13.7. The van der Waals surface area contributed by atoms with Gasteiger partial charge in [0.1, 0.15) is 6.04 Å². The zero-order chi connectivity index (χ0) is 21.3. The van der Waals surface area contributed by atoms with Crippen LogP contribution in [0.4, 0.5) is 0 Å². The molecule has 1 aliphatic carbocycles. The summed E-state index contributed by atoms with van der Waals surface area (Å²) in [6, 6.07) is 1.21. The summed E-state index contributed by atoms with van der Waals surface area (Å²) >= 11 is 1.50. The van der Waals surface area contributed by atoms with Gasteiger partial charge in [-0.25, -0.2) is 0 Å². The SMILES string of the molecule is C[C@H](NC(=O)C(C)(C)C)C(=O)NNC(=O)c1cc2c(s1)CC[C@H](C(C)(C)C)C2. The van der Waals surface area contributed by atoms with Gasteiger partial charge in [-0.2, -0.15) is 0 Å². The highest BCUT2D eigenvalue weighted by Crippen LogP contribution is 2.40. The quantitative estimate of drug-likeness (QED) is 0.673. The molecule has 0 saturated carbocycles. The Morgan fingerprint density at radius 2 is 1.75 bits per heavy atom.